The van der Waals surface area contributed by atoms with Gasteiger partial charge in [-0.1, -0.05) is 81.1 Å². The lowest BCUT2D eigenvalue weighted by molar-refractivity contribution is -0.141. The second kappa shape index (κ2) is 15.1. The Morgan fingerprint density at radius 1 is 0.947 bits per heavy atom. The normalized spacial score (nSPS) is 12.8. The number of hydrogen-bond donors (Lipinski definition) is 3. The second-order valence-corrected chi connectivity index (χ2v) is 10.4. The van der Waals surface area contributed by atoms with Gasteiger partial charge in [-0.2, -0.15) is 0 Å². The van der Waals surface area contributed by atoms with Crippen molar-refractivity contribution in [2.45, 2.75) is 84.4 Å². The summed E-state index contributed by atoms with van der Waals surface area (Å²) in [4.78, 5) is 41.5. The highest BCUT2D eigenvalue weighted by atomic mass is 16.6. The number of hydrogen-bond acceptors (Lipinski definition) is 5. The molecule has 3 amide bonds. The summed E-state index contributed by atoms with van der Waals surface area (Å²) in [6, 6.07) is 14.3. The molecule has 2 aromatic carbocycles. The molecule has 38 heavy (non-hydrogen) atoms. The van der Waals surface area contributed by atoms with Gasteiger partial charge in [0.1, 0.15) is 17.7 Å². The number of aliphatic hydroxyl groups is 1. The number of unbranched alkanes of at least 4 members (excludes halogenated alkanes) is 4. The van der Waals surface area contributed by atoms with E-state index in [9.17, 15) is 19.5 Å². The molecule has 0 spiro atoms. The average Bonchev–Trinajstić information content (AvgIpc) is 2.87. The Bertz CT molecular complexity index is 1040. The highest BCUT2D eigenvalue weighted by Crippen LogP contribution is 2.26. The molecule has 0 aliphatic rings. The number of ether oxygens (including phenoxy) is 1. The maximum Gasteiger partial charge on any atom is 0.408 e. The van der Waals surface area contributed by atoms with Gasteiger partial charge >= 0.3 is 6.09 Å². The number of nitrogens with zero attached hydrogens (tertiary/aromatic N) is 1. The number of amides is 3. The van der Waals surface area contributed by atoms with Crippen LogP contribution in [0.5, 0.6) is 0 Å². The molecule has 2 aromatic rings. The maximum atomic E-state index is 13.8. The highest BCUT2D eigenvalue weighted by Gasteiger charge is 2.36. The molecule has 0 aliphatic heterocycles. The predicted octanol–water partition coefficient (Wildman–Crippen LogP) is 5.36. The lowest BCUT2D eigenvalue weighted by Gasteiger charge is -2.34. The lowest BCUT2D eigenvalue weighted by Crippen LogP contribution is -2.54. The Balaban J connectivity index is 2.42. The molecule has 2 atom stereocenters. The zero-order chi connectivity index (χ0) is 28.1. The summed E-state index contributed by atoms with van der Waals surface area (Å²) < 4.78 is 5.30. The fourth-order valence-corrected chi connectivity index (χ4v) is 4.11. The number of rotatable bonds is 13. The van der Waals surface area contributed by atoms with Crippen LogP contribution in [0.4, 0.5) is 10.5 Å². The number of carbonyl (C=O) groups excluding carboxylic acids is 3. The van der Waals surface area contributed by atoms with Crippen LogP contribution in [0.15, 0.2) is 54.6 Å². The molecule has 0 aliphatic carbocycles. The van der Waals surface area contributed by atoms with Crippen molar-refractivity contribution in [3.63, 3.8) is 0 Å². The molecule has 0 aromatic heterocycles. The van der Waals surface area contributed by atoms with Gasteiger partial charge in [0.05, 0.1) is 6.61 Å². The molecule has 0 radical (unpaired) electrons. The smallest absolute Gasteiger partial charge is 0.408 e. The van der Waals surface area contributed by atoms with Gasteiger partial charge in [-0.25, -0.2) is 4.79 Å². The molecule has 8 heteroatoms. The number of nitrogens with one attached hydrogen (secondary N) is 2. The summed E-state index contributed by atoms with van der Waals surface area (Å²) in [6.45, 7) is 8.83. The van der Waals surface area contributed by atoms with Gasteiger partial charge in [-0.3, -0.25) is 9.59 Å². The van der Waals surface area contributed by atoms with Crippen molar-refractivity contribution in [3.05, 3.63) is 65.7 Å². The first-order chi connectivity index (χ1) is 18.1. The van der Waals surface area contributed by atoms with Gasteiger partial charge in [0.2, 0.25) is 5.91 Å². The van der Waals surface area contributed by atoms with E-state index in [0.29, 0.717) is 17.7 Å². The summed E-state index contributed by atoms with van der Waals surface area (Å²) in [5.41, 5.74) is 1.41. The molecule has 0 saturated heterocycles. The molecule has 2 rings (SSSR count). The first kappa shape index (κ1) is 30.8. The quantitative estimate of drug-likeness (QED) is 0.305. The zero-order valence-corrected chi connectivity index (χ0v) is 23.3. The van der Waals surface area contributed by atoms with Crippen LogP contribution >= 0.6 is 0 Å². The number of benzene rings is 2. The summed E-state index contributed by atoms with van der Waals surface area (Å²) in [7, 11) is 0. The number of carbonyl (C=O) groups is 3. The summed E-state index contributed by atoms with van der Waals surface area (Å²) >= 11 is 0. The van der Waals surface area contributed by atoms with E-state index in [0.717, 1.165) is 31.2 Å². The Hall–Kier alpha value is -3.39. The molecule has 8 nitrogen and oxygen atoms in total. The molecule has 2 unspecified atom stereocenters. The highest BCUT2D eigenvalue weighted by molar-refractivity contribution is 5.99. The van der Waals surface area contributed by atoms with Crippen LogP contribution in [0.25, 0.3) is 0 Å². The minimum atomic E-state index is -1.27. The number of aliphatic hydroxyl groups excluding tert-OH is 1. The molecule has 0 bridgehead atoms. The van der Waals surface area contributed by atoms with Gasteiger partial charge in [0.25, 0.3) is 5.91 Å². The van der Waals surface area contributed by atoms with Gasteiger partial charge in [-0.05, 0) is 51.3 Å². The van der Waals surface area contributed by atoms with Crippen LogP contribution in [0, 0.1) is 6.92 Å². The summed E-state index contributed by atoms with van der Waals surface area (Å²) in [5.74, 6) is -0.927. The Morgan fingerprint density at radius 3 is 2.18 bits per heavy atom. The summed E-state index contributed by atoms with van der Waals surface area (Å²) in [5, 5.41) is 15.5. The van der Waals surface area contributed by atoms with E-state index in [1.165, 1.54) is 4.90 Å². The third-order valence-corrected chi connectivity index (χ3v) is 6.04. The third-order valence-electron chi connectivity index (χ3n) is 6.04. The van der Waals surface area contributed by atoms with Crippen LogP contribution in [0.3, 0.4) is 0 Å². The molecule has 208 valence electrons. The zero-order valence-electron chi connectivity index (χ0n) is 23.3. The van der Waals surface area contributed by atoms with Crippen molar-refractivity contribution in [3.8, 4) is 0 Å². The van der Waals surface area contributed by atoms with E-state index in [1.54, 1.807) is 32.9 Å². The number of aryl methyl sites for hydroxylation is 1. The van der Waals surface area contributed by atoms with Crippen molar-refractivity contribution in [2.75, 3.05) is 18.5 Å². The van der Waals surface area contributed by atoms with E-state index in [-0.39, 0.29) is 12.5 Å². The van der Waals surface area contributed by atoms with Crippen LogP contribution in [0.1, 0.15) is 77.0 Å². The molecule has 0 saturated carbocycles. The number of alkyl carbamates (subject to hydrolysis) is 1. The van der Waals surface area contributed by atoms with E-state index in [2.05, 4.69) is 17.6 Å². The average molecular weight is 526 g/mol. The molecule has 0 heterocycles. The van der Waals surface area contributed by atoms with E-state index in [4.69, 9.17) is 4.74 Å². The van der Waals surface area contributed by atoms with Crippen molar-refractivity contribution in [2.24, 2.45) is 0 Å². The Labute approximate surface area is 226 Å². The second-order valence-electron chi connectivity index (χ2n) is 10.4. The van der Waals surface area contributed by atoms with Crippen molar-refractivity contribution in [1.82, 2.24) is 10.2 Å². The first-order valence-corrected chi connectivity index (χ1v) is 13.4. The fourth-order valence-electron chi connectivity index (χ4n) is 4.11. The van der Waals surface area contributed by atoms with Gasteiger partial charge < -0.3 is 25.4 Å². The minimum Gasteiger partial charge on any atom is -0.444 e. The molecular formula is C30H43N3O5. The fraction of sp³-hybridized carbons (Fsp3) is 0.500. The minimum absolute atomic E-state index is 0.287. The van der Waals surface area contributed by atoms with Crippen LogP contribution in [0.2, 0.25) is 0 Å². The van der Waals surface area contributed by atoms with Crippen molar-refractivity contribution < 1.29 is 24.2 Å². The van der Waals surface area contributed by atoms with Crippen molar-refractivity contribution >= 4 is 23.6 Å². The monoisotopic (exact) mass is 525 g/mol. The number of anilines is 1. The van der Waals surface area contributed by atoms with Crippen LogP contribution in [-0.2, 0) is 14.3 Å². The van der Waals surface area contributed by atoms with Crippen LogP contribution < -0.4 is 10.6 Å². The predicted molar refractivity (Wildman–Crippen MR) is 150 cm³/mol. The molecular weight excluding hydrogens is 482 g/mol. The largest absolute Gasteiger partial charge is 0.444 e. The lowest BCUT2D eigenvalue weighted by atomic mass is 10.0. The van der Waals surface area contributed by atoms with Gasteiger partial charge in [-0.15, -0.1) is 0 Å². The SMILES string of the molecule is CCCCCCCN(C(=O)C(CO)NC(=O)OC(C)(C)C)C(C(=O)Nc1ccccc1C)c1ccccc1. The third kappa shape index (κ3) is 9.82. The standard InChI is InChI=1S/C30H43N3O5/c1-6-7-8-9-15-20-33(28(36)25(21-34)32-29(37)38-30(3,4)5)26(23-17-11-10-12-18-23)27(35)31-24-19-14-13-16-22(24)2/h10-14,16-19,25-26,34H,6-9,15,20-21H2,1-5H3,(H,31,35)(H,32,37). The topological polar surface area (TPSA) is 108 Å². The Kier molecular flexibility index (Phi) is 12.3. The first-order valence-electron chi connectivity index (χ1n) is 13.4. The van der Waals surface area contributed by atoms with Crippen molar-refractivity contribution in [1.29, 1.82) is 0 Å². The molecule has 0 fully saturated rings. The molecule has 3 N–H and O–H groups in total. The van der Waals surface area contributed by atoms with E-state index in [1.807, 2.05) is 49.4 Å². The Morgan fingerprint density at radius 2 is 1.58 bits per heavy atom. The summed E-state index contributed by atoms with van der Waals surface area (Å²) in [6.07, 6.45) is 3.94. The maximum absolute atomic E-state index is 13.8. The van der Waals surface area contributed by atoms with Gasteiger partial charge in [0, 0.05) is 12.2 Å². The number of para-hydroxylation sites is 1. The van der Waals surface area contributed by atoms with Gasteiger partial charge in [0.15, 0.2) is 0 Å². The van der Waals surface area contributed by atoms with Crippen LogP contribution in [-0.4, -0.2) is 52.7 Å². The van der Waals surface area contributed by atoms with E-state index >= 15 is 0 Å². The van der Waals surface area contributed by atoms with E-state index < -0.39 is 36.3 Å².